The fourth-order valence-corrected chi connectivity index (χ4v) is 1.52. The normalized spacial score (nSPS) is 10.9. The van der Waals surface area contributed by atoms with Gasteiger partial charge in [0.25, 0.3) is 11.3 Å². The Kier molecular flexibility index (Phi) is 2.22. The van der Waals surface area contributed by atoms with Crippen molar-refractivity contribution in [3.63, 3.8) is 0 Å². The summed E-state index contributed by atoms with van der Waals surface area (Å²) in [5, 5.41) is 11.4. The number of fused-ring (bicyclic) bond motifs is 1. The van der Waals surface area contributed by atoms with Crippen molar-refractivity contribution in [2.75, 3.05) is 0 Å². The van der Waals surface area contributed by atoms with Crippen LogP contribution in [0, 0.1) is 13.8 Å². The summed E-state index contributed by atoms with van der Waals surface area (Å²) in [6.07, 6.45) is -0.335. The first kappa shape index (κ1) is 10.3. The third-order valence-corrected chi connectivity index (χ3v) is 2.24. The minimum Gasteiger partial charge on any atom is -0.481 e. The highest BCUT2D eigenvalue weighted by Gasteiger charge is 2.14. The molecule has 0 aliphatic rings. The van der Waals surface area contributed by atoms with Gasteiger partial charge in [-0.25, -0.2) is 4.98 Å². The second-order valence-corrected chi connectivity index (χ2v) is 3.50. The van der Waals surface area contributed by atoms with Crippen molar-refractivity contribution in [1.82, 2.24) is 19.6 Å². The summed E-state index contributed by atoms with van der Waals surface area (Å²) in [6, 6.07) is 0. The van der Waals surface area contributed by atoms with E-state index in [0.29, 0.717) is 11.5 Å². The SMILES string of the molecule is Cc1nc2nc(C)c(CC(=O)O)c(=O)n2[nH]1. The number of rotatable bonds is 2. The molecule has 0 aromatic carbocycles. The highest BCUT2D eigenvalue weighted by molar-refractivity contribution is 5.70. The van der Waals surface area contributed by atoms with Gasteiger partial charge in [0.1, 0.15) is 5.82 Å². The molecule has 0 spiro atoms. The number of carbonyl (C=O) groups is 1. The molecule has 2 N–H and O–H groups in total. The van der Waals surface area contributed by atoms with Crippen LogP contribution in [0.3, 0.4) is 0 Å². The quantitative estimate of drug-likeness (QED) is 0.724. The molecule has 0 bridgehead atoms. The number of aromatic nitrogens is 4. The molecule has 7 heteroatoms. The maximum atomic E-state index is 11.9. The molecular formula is C9H10N4O3. The predicted molar refractivity (Wildman–Crippen MR) is 54.4 cm³/mol. The van der Waals surface area contributed by atoms with E-state index in [1.807, 2.05) is 0 Å². The molecule has 0 saturated carbocycles. The van der Waals surface area contributed by atoms with E-state index in [0.717, 1.165) is 4.52 Å². The first-order chi connectivity index (χ1) is 7.49. The molecule has 84 valence electrons. The van der Waals surface area contributed by atoms with Crippen molar-refractivity contribution in [1.29, 1.82) is 0 Å². The van der Waals surface area contributed by atoms with Crippen molar-refractivity contribution >= 4 is 11.7 Å². The average Bonchev–Trinajstić information content (AvgIpc) is 2.53. The summed E-state index contributed by atoms with van der Waals surface area (Å²) >= 11 is 0. The number of aryl methyl sites for hydroxylation is 2. The van der Waals surface area contributed by atoms with Crippen molar-refractivity contribution < 1.29 is 9.90 Å². The molecule has 2 heterocycles. The Morgan fingerprint density at radius 1 is 1.44 bits per heavy atom. The van der Waals surface area contributed by atoms with Gasteiger partial charge in [0.05, 0.1) is 17.7 Å². The Labute approximate surface area is 89.8 Å². The minimum absolute atomic E-state index is 0.175. The molecule has 0 saturated heterocycles. The summed E-state index contributed by atoms with van der Waals surface area (Å²) < 4.78 is 1.15. The summed E-state index contributed by atoms with van der Waals surface area (Å²) in [5.74, 6) is -0.246. The second kappa shape index (κ2) is 3.44. The van der Waals surface area contributed by atoms with E-state index in [1.54, 1.807) is 13.8 Å². The highest BCUT2D eigenvalue weighted by Crippen LogP contribution is 2.02. The molecule has 0 radical (unpaired) electrons. The molecule has 0 aliphatic carbocycles. The van der Waals surface area contributed by atoms with Crippen molar-refractivity contribution in [3.05, 3.63) is 27.4 Å². The fraction of sp³-hybridized carbons (Fsp3) is 0.333. The van der Waals surface area contributed by atoms with Crippen LogP contribution in [0.25, 0.3) is 5.78 Å². The molecule has 0 amide bonds. The van der Waals surface area contributed by atoms with E-state index in [4.69, 9.17) is 5.11 Å². The lowest BCUT2D eigenvalue weighted by molar-refractivity contribution is -0.136. The monoisotopic (exact) mass is 222 g/mol. The van der Waals surface area contributed by atoms with Crippen LogP contribution < -0.4 is 5.56 Å². The number of carboxylic acid groups (broad SMARTS) is 1. The number of nitrogens with zero attached hydrogens (tertiary/aromatic N) is 3. The van der Waals surface area contributed by atoms with Crippen LogP contribution in [-0.4, -0.2) is 30.7 Å². The van der Waals surface area contributed by atoms with Gasteiger partial charge in [-0.15, -0.1) is 0 Å². The average molecular weight is 222 g/mol. The Balaban J connectivity index is 2.74. The summed E-state index contributed by atoms with van der Waals surface area (Å²) in [7, 11) is 0. The zero-order chi connectivity index (χ0) is 11.9. The molecule has 0 unspecified atom stereocenters. The van der Waals surface area contributed by atoms with Gasteiger partial charge in [0.15, 0.2) is 0 Å². The molecule has 2 rings (SSSR count). The zero-order valence-electron chi connectivity index (χ0n) is 8.81. The number of carboxylic acids is 1. The number of H-pyrrole nitrogens is 1. The Morgan fingerprint density at radius 2 is 2.12 bits per heavy atom. The molecule has 0 fully saturated rings. The van der Waals surface area contributed by atoms with Gasteiger partial charge in [-0.3, -0.25) is 14.7 Å². The van der Waals surface area contributed by atoms with Crippen LogP contribution in [0.15, 0.2) is 4.79 Å². The van der Waals surface area contributed by atoms with Crippen LogP contribution in [0.4, 0.5) is 0 Å². The van der Waals surface area contributed by atoms with Gasteiger partial charge < -0.3 is 5.11 Å². The largest absolute Gasteiger partial charge is 0.481 e. The van der Waals surface area contributed by atoms with Crippen LogP contribution in [0.1, 0.15) is 17.1 Å². The van der Waals surface area contributed by atoms with E-state index in [9.17, 15) is 9.59 Å². The summed E-state index contributed by atoms with van der Waals surface area (Å²) in [5.41, 5.74) is 0.165. The highest BCUT2D eigenvalue weighted by atomic mass is 16.4. The summed E-state index contributed by atoms with van der Waals surface area (Å²) in [6.45, 7) is 3.30. The van der Waals surface area contributed by atoms with Crippen LogP contribution in [-0.2, 0) is 11.2 Å². The topological polar surface area (TPSA) is 100 Å². The van der Waals surface area contributed by atoms with Crippen LogP contribution in [0.5, 0.6) is 0 Å². The lowest BCUT2D eigenvalue weighted by Gasteiger charge is -2.01. The van der Waals surface area contributed by atoms with Gasteiger partial charge in [-0.05, 0) is 13.8 Å². The molecule has 7 nitrogen and oxygen atoms in total. The Bertz CT molecular complexity index is 625. The number of aliphatic carboxylic acids is 1. The van der Waals surface area contributed by atoms with Crippen molar-refractivity contribution in [2.24, 2.45) is 0 Å². The molecule has 0 aliphatic heterocycles. The van der Waals surface area contributed by atoms with E-state index in [-0.39, 0.29) is 17.8 Å². The van der Waals surface area contributed by atoms with Gasteiger partial charge in [0, 0.05) is 0 Å². The van der Waals surface area contributed by atoms with E-state index < -0.39 is 11.5 Å². The van der Waals surface area contributed by atoms with Gasteiger partial charge in [-0.2, -0.15) is 9.50 Å². The van der Waals surface area contributed by atoms with Crippen molar-refractivity contribution in [3.8, 4) is 0 Å². The molecule has 2 aromatic rings. The second-order valence-electron chi connectivity index (χ2n) is 3.50. The van der Waals surface area contributed by atoms with Gasteiger partial charge >= 0.3 is 5.97 Å². The Hall–Kier alpha value is -2.18. The lowest BCUT2D eigenvalue weighted by atomic mass is 10.2. The summed E-state index contributed by atoms with van der Waals surface area (Å²) in [4.78, 5) is 30.6. The van der Waals surface area contributed by atoms with Crippen LogP contribution in [0.2, 0.25) is 0 Å². The zero-order valence-corrected chi connectivity index (χ0v) is 8.81. The molecular weight excluding hydrogens is 212 g/mol. The molecule has 16 heavy (non-hydrogen) atoms. The van der Waals surface area contributed by atoms with E-state index >= 15 is 0 Å². The maximum absolute atomic E-state index is 11.9. The Morgan fingerprint density at radius 3 is 2.75 bits per heavy atom. The molecule has 0 atom stereocenters. The number of aromatic amines is 1. The third kappa shape index (κ3) is 1.56. The first-order valence-electron chi connectivity index (χ1n) is 4.65. The number of hydrogen-bond donors (Lipinski definition) is 2. The third-order valence-electron chi connectivity index (χ3n) is 2.24. The standard InChI is InChI=1S/C9H10N4O3/c1-4-6(3-7(14)15)8(16)13-9(10-4)11-5(2)12-13/h3H2,1-2H3,(H,14,15)(H,10,11,12). The van der Waals surface area contributed by atoms with Crippen LogP contribution >= 0.6 is 0 Å². The minimum atomic E-state index is -1.06. The van der Waals surface area contributed by atoms with E-state index in [2.05, 4.69) is 15.1 Å². The first-order valence-corrected chi connectivity index (χ1v) is 4.65. The smallest absolute Gasteiger partial charge is 0.308 e. The van der Waals surface area contributed by atoms with Crippen molar-refractivity contribution in [2.45, 2.75) is 20.3 Å². The van der Waals surface area contributed by atoms with E-state index in [1.165, 1.54) is 0 Å². The number of hydrogen-bond acceptors (Lipinski definition) is 4. The fourth-order valence-electron chi connectivity index (χ4n) is 1.52. The maximum Gasteiger partial charge on any atom is 0.308 e. The molecule has 2 aromatic heterocycles. The van der Waals surface area contributed by atoms with Gasteiger partial charge in [-0.1, -0.05) is 0 Å². The lowest BCUT2D eigenvalue weighted by Crippen LogP contribution is -2.24. The van der Waals surface area contributed by atoms with Gasteiger partial charge in [0.2, 0.25) is 0 Å². The predicted octanol–water partition coefficient (Wildman–Crippen LogP) is -0.338. The number of nitrogens with one attached hydrogen (secondary N) is 1.